The van der Waals surface area contributed by atoms with Gasteiger partial charge in [-0.05, 0) is 43.3 Å². The van der Waals surface area contributed by atoms with Crippen molar-refractivity contribution < 1.29 is 0 Å². The zero-order chi connectivity index (χ0) is 13.1. The second-order valence-corrected chi connectivity index (χ2v) is 5.57. The van der Waals surface area contributed by atoms with Gasteiger partial charge in [-0.25, -0.2) is 0 Å². The first-order valence-corrected chi connectivity index (χ1v) is 7.24. The molecular formula is C17H22N2. The van der Waals surface area contributed by atoms with Crippen LogP contribution in [0, 0.1) is 5.92 Å². The summed E-state index contributed by atoms with van der Waals surface area (Å²) in [6, 6.07) is 15.3. The normalized spacial score (nSPS) is 16.7. The molecule has 0 unspecified atom stereocenters. The summed E-state index contributed by atoms with van der Waals surface area (Å²) in [6.07, 6.45) is 2.60. The Morgan fingerprint density at radius 1 is 1.05 bits per heavy atom. The number of hydrogen-bond acceptors (Lipinski definition) is 2. The number of hydrogen-bond donors (Lipinski definition) is 1. The molecule has 2 aromatic carbocycles. The van der Waals surface area contributed by atoms with Crippen LogP contribution < -0.4 is 10.2 Å². The van der Waals surface area contributed by atoms with Crippen LogP contribution in [0.15, 0.2) is 42.5 Å². The van der Waals surface area contributed by atoms with Gasteiger partial charge in [0.05, 0.1) is 0 Å². The highest BCUT2D eigenvalue weighted by atomic mass is 15.1. The van der Waals surface area contributed by atoms with Gasteiger partial charge in [0.15, 0.2) is 0 Å². The van der Waals surface area contributed by atoms with E-state index in [9.17, 15) is 0 Å². The molecule has 0 aromatic heterocycles. The van der Waals surface area contributed by atoms with Gasteiger partial charge in [-0.3, -0.25) is 0 Å². The third-order valence-electron chi connectivity index (χ3n) is 4.17. The highest BCUT2D eigenvalue weighted by Gasteiger charge is 2.16. The van der Waals surface area contributed by atoms with Crippen molar-refractivity contribution in [1.82, 2.24) is 5.32 Å². The van der Waals surface area contributed by atoms with E-state index in [1.54, 1.807) is 0 Å². The fourth-order valence-corrected chi connectivity index (χ4v) is 3.09. The van der Waals surface area contributed by atoms with Gasteiger partial charge in [0.1, 0.15) is 0 Å². The molecule has 2 aromatic rings. The number of rotatable bonds is 3. The van der Waals surface area contributed by atoms with E-state index in [1.165, 1.54) is 42.4 Å². The molecule has 0 aliphatic carbocycles. The summed E-state index contributed by atoms with van der Waals surface area (Å²) in [7, 11) is 2.23. The fourth-order valence-electron chi connectivity index (χ4n) is 3.09. The number of anilines is 1. The smallest absolute Gasteiger partial charge is 0.0443 e. The van der Waals surface area contributed by atoms with Crippen molar-refractivity contribution in [1.29, 1.82) is 0 Å². The Bertz CT molecular complexity index is 538. The van der Waals surface area contributed by atoms with Crippen LogP contribution >= 0.6 is 0 Å². The molecule has 2 heteroatoms. The Balaban J connectivity index is 1.82. The Morgan fingerprint density at radius 2 is 1.79 bits per heavy atom. The molecule has 1 N–H and O–H groups in total. The predicted octanol–water partition coefficient (Wildman–Crippen LogP) is 3.28. The van der Waals surface area contributed by atoms with Crippen LogP contribution in [0.2, 0.25) is 0 Å². The molecule has 2 nitrogen and oxygen atoms in total. The SMILES string of the molecule is CN(CC1CCNCC1)c1cccc2ccccc12. The molecule has 0 amide bonds. The van der Waals surface area contributed by atoms with Crippen LogP contribution in [0.1, 0.15) is 12.8 Å². The molecule has 1 heterocycles. The minimum absolute atomic E-state index is 0.824. The maximum Gasteiger partial charge on any atom is 0.0443 e. The monoisotopic (exact) mass is 254 g/mol. The standard InChI is InChI=1S/C17H22N2/c1-19(13-14-9-11-18-12-10-14)17-8-4-6-15-5-2-3-7-16(15)17/h2-8,14,18H,9-13H2,1H3. The highest BCUT2D eigenvalue weighted by molar-refractivity contribution is 5.94. The van der Waals surface area contributed by atoms with Gasteiger partial charge in [-0.2, -0.15) is 0 Å². The van der Waals surface area contributed by atoms with E-state index in [4.69, 9.17) is 0 Å². The lowest BCUT2D eigenvalue weighted by Crippen LogP contribution is -2.34. The molecule has 0 saturated carbocycles. The summed E-state index contributed by atoms with van der Waals surface area (Å²) >= 11 is 0. The van der Waals surface area contributed by atoms with Crippen LogP contribution in [0.4, 0.5) is 5.69 Å². The number of nitrogens with one attached hydrogen (secondary N) is 1. The molecule has 19 heavy (non-hydrogen) atoms. The largest absolute Gasteiger partial charge is 0.374 e. The van der Waals surface area contributed by atoms with E-state index in [0.29, 0.717) is 0 Å². The Labute approximate surface area is 115 Å². The number of piperidine rings is 1. The van der Waals surface area contributed by atoms with Crippen LogP contribution in [0.5, 0.6) is 0 Å². The maximum absolute atomic E-state index is 3.44. The van der Waals surface area contributed by atoms with Gasteiger partial charge >= 0.3 is 0 Å². The van der Waals surface area contributed by atoms with E-state index in [1.807, 2.05) is 0 Å². The summed E-state index contributed by atoms with van der Waals surface area (Å²) in [5.41, 5.74) is 1.36. The number of benzene rings is 2. The Hall–Kier alpha value is -1.54. The molecule has 100 valence electrons. The first-order chi connectivity index (χ1) is 9.34. The van der Waals surface area contributed by atoms with Gasteiger partial charge < -0.3 is 10.2 Å². The molecule has 3 rings (SSSR count). The van der Waals surface area contributed by atoms with Crippen LogP contribution in [0.3, 0.4) is 0 Å². The highest BCUT2D eigenvalue weighted by Crippen LogP contribution is 2.27. The molecule has 1 aliphatic heterocycles. The van der Waals surface area contributed by atoms with E-state index in [0.717, 1.165) is 12.5 Å². The summed E-state index contributed by atoms with van der Waals surface area (Å²) in [6.45, 7) is 3.51. The molecule has 1 saturated heterocycles. The number of fused-ring (bicyclic) bond motifs is 1. The summed E-state index contributed by atoms with van der Waals surface area (Å²) in [4.78, 5) is 2.43. The average molecular weight is 254 g/mol. The summed E-state index contributed by atoms with van der Waals surface area (Å²) in [5, 5.41) is 6.13. The maximum atomic E-state index is 3.44. The van der Waals surface area contributed by atoms with Crippen molar-refractivity contribution >= 4 is 16.5 Å². The first kappa shape index (κ1) is 12.5. The summed E-state index contributed by atoms with van der Waals surface area (Å²) < 4.78 is 0. The fraction of sp³-hybridized carbons (Fsp3) is 0.412. The van der Waals surface area contributed by atoms with Gasteiger partial charge in [-0.15, -0.1) is 0 Å². The van der Waals surface area contributed by atoms with Crippen molar-refractivity contribution in [3.05, 3.63) is 42.5 Å². The van der Waals surface area contributed by atoms with Crippen molar-refractivity contribution in [3.63, 3.8) is 0 Å². The van der Waals surface area contributed by atoms with Crippen molar-refractivity contribution in [3.8, 4) is 0 Å². The Morgan fingerprint density at radius 3 is 2.63 bits per heavy atom. The van der Waals surface area contributed by atoms with Crippen LogP contribution in [-0.4, -0.2) is 26.7 Å². The second-order valence-electron chi connectivity index (χ2n) is 5.57. The summed E-state index contributed by atoms with van der Waals surface area (Å²) in [5.74, 6) is 0.824. The zero-order valence-electron chi connectivity index (χ0n) is 11.6. The van der Waals surface area contributed by atoms with Crippen molar-refractivity contribution in [2.45, 2.75) is 12.8 Å². The molecule has 0 bridgehead atoms. The van der Waals surface area contributed by atoms with E-state index >= 15 is 0 Å². The first-order valence-electron chi connectivity index (χ1n) is 7.24. The number of nitrogens with zero attached hydrogens (tertiary/aromatic N) is 1. The van der Waals surface area contributed by atoms with Crippen molar-refractivity contribution in [2.24, 2.45) is 5.92 Å². The van der Waals surface area contributed by atoms with Gasteiger partial charge in [-0.1, -0.05) is 36.4 Å². The molecule has 0 spiro atoms. The topological polar surface area (TPSA) is 15.3 Å². The third-order valence-corrected chi connectivity index (χ3v) is 4.17. The second kappa shape index (κ2) is 5.62. The van der Waals surface area contributed by atoms with Gasteiger partial charge in [0, 0.05) is 24.7 Å². The molecule has 0 radical (unpaired) electrons. The van der Waals surface area contributed by atoms with Gasteiger partial charge in [0.25, 0.3) is 0 Å². The van der Waals surface area contributed by atoms with Crippen LogP contribution in [-0.2, 0) is 0 Å². The van der Waals surface area contributed by atoms with E-state index in [-0.39, 0.29) is 0 Å². The lowest BCUT2D eigenvalue weighted by atomic mass is 9.97. The van der Waals surface area contributed by atoms with Gasteiger partial charge in [0.2, 0.25) is 0 Å². The third kappa shape index (κ3) is 2.74. The lowest BCUT2D eigenvalue weighted by Gasteiger charge is -2.29. The average Bonchev–Trinajstić information content (AvgIpc) is 2.47. The minimum Gasteiger partial charge on any atom is -0.374 e. The van der Waals surface area contributed by atoms with E-state index < -0.39 is 0 Å². The lowest BCUT2D eigenvalue weighted by molar-refractivity contribution is 0.378. The predicted molar refractivity (Wildman–Crippen MR) is 82.8 cm³/mol. The molecule has 0 atom stereocenters. The van der Waals surface area contributed by atoms with Crippen LogP contribution in [0.25, 0.3) is 10.8 Å². The van der Waals surface area contributed by atoms with Crippen molar-refractivity contribution in [2.75, 3.05) is 31.6 Å². The van der Waals surface area contributed by atoms with E-state index in [2.05, 4.69) is 59.7 Å². The zero-order valence-corrected chi connectivity index (χ0v) is 11.6. The minimum atomic E-state index is 0.824. The molecular weight excluding hydrogens is 232 g/mol. The molecule has 1 aliphatic rings. The Kier molecular flexibility index (Phi) is 3.69. The quantitative estimate of drug-likeness (QED) is 0.904. The molecule has 1 fully saturated rings.